The van der Waals surface area contributed by atoms with Crippen molar-refractivity contribution >= 4 is 5.91 Å². The molecule has 1 aromatic rings. The van der Waals surface area contributed by atoms with Gasteiger partial charge in [0.1, 0.15) is 0 Å². The van der Waals surface area contributed by atoms with Gasteiger partial charge in [0.2, 0.25) is 0 Å². The van der Waals surface area contributed by atoms with E-state index in [-0.39, 0.29) is 18.8 Å². The molecular weight excluding hydrogens is 192 g/mol. The van der Waals surface area contributed by atoms with Gasteiger partial charge in [-0.2, -0.15) is 0 Å². The quantitative estimate of drug-likeness (QED) is 0.759. The van der Waals surface area contributed by atoms with Gasteiger partial charge in [-0.3, -0.25) is 4.79 Å². The third kappa shape index (κ3) is 1.73. The smallest absolute Gasteiger partial charge is 0.287 e. The summed E-state index contributed by atoms with van der Waals surface area (Å²) in [4.78, 5) is 17.5. The van der Waals surface area contributed by atoms with Gasteiger partial charge in [0.25, 0.3) is 11.8 Å². The van der Waals surface area contributed by atoms with E-state index < -0.39 is 17.7 Å². The zero-order valence-electron chi connectivity index (χ0n) is 7.26. The maximum absolute atomic E-state index is 12.4. The number of rotatable bonds is 3. The van der Waals surface area contributed by atoms with Gasteiger partial charge in [-0.15, -0.1) is 0 Å². The Kier molecular flexibility index (Phi) is 1.98. The second-order valence-corrected chi connectivity index (χ2v) is 3.31. The molecule has 2 N–H and O–H groups in total. The maximum Gasteiger partial charge on any atom is 0.287 e. The molecule has 4 nitrogen and oxygen atoms in total. The molecule has 14 heavy (non-hydrogen) atoms. The number of hydrogen-bond acceptors (Lipinski definition) is 2. The highest BCUT2D eigenvalue weighted by molar-refractivity contribution is 5.90. The first-order valence-electron chi connectivity index (χ1n) is 4.25. The lowest BCUT2D eigenvalue weighted by Gasteiger charge is -2.01. The van der Waals surface area contributed by atoms with Crippen molar-refractivity contribution in [3.63, 3.8) is 0 Å². The van der Waals surface area contributed by atoms with Crippen molar-refractivity contribution in [2.24, 2.45) is 5.92 Å². The van der Waals surface area contributed by atoms with Crippen LogP contribution in [0.1, 0.15) is 17.0 Å². The first kappa shape index (κ1) is 9.11. The SMILES string of the molecule is O=C(NCC1CC1(F)F)c1ncc[nH]1. The molecular formula is C8H9F2N3O. The first-order chi connectivity index (χ1) is 6.59. The van der Waals surface area contributed by atoms with Crippen molar-refractivity contribution in [1.29, 1.82) is 0 Å². The Labute approximate surface area is 78.7 Å². The summed E-state index contributed by atoms with van der Waals surface area (Å²) in [6.07, 6.45) is 2.80. The lowest BCUT2D eigenvalue weighted by molar-refractivity contribution is 0.0888. The number of aromatic amines is 1. The van der Waals surface area contributed by atoms with Crippen LogP contribution in [0.5, 0.6) is 0 Å². The van der Waals surface area contributed by atoms with E-state index in [4.69, 9.17) is 0 Å². The number of alkyl halides is 2. The van der Waals surface area contributed by atoms with Crippen LogP contribution in [0.3, 0.4) is 0 Å². The fraction of sp³-hybridized carbons (Fsp3) is 0.500. The molecule has 76 valence electrons. The van der Waals surface area contributed by atoms with Crippen LogP contribution in [0.2, 0.25) is 0 Å². The molecule has 1 aliphatic carbocycles. The normalized spacial score (nSPS) is 23.1. The van der Waals surface area contributed by atoms with Crippen LogP contribution in [-0.4, -0.2) is 28.3 Å². The molecule has 0 aliphatic heterocycles. The van der Waals surface area contributed by atoms with Crippen molar-refractivity contribution in [1.82, 2.24) is 15.3 Å². The maximum atomic E-state index is 12.4. The summed E-state index contributed by atoms with van der Waals surface area (Å²) < 4.78 is 24.8. The fourth-order valence-corrected chi connectivity index (χ4v) is 1.18. The number of carbonyl (C=O) groups excluding carboxylic acids is 1. The number of aromatic nitrogens is 2. The molecule has 1 aliphatic rings. The molecule has 1 fully saturated rings. The van der Waals surface area contributed by atoms with E-state index in [2.05, 4.69) is 15.3 Å². The second kappa shape index (κ2) is 3.04. The molecule has 1 saturated carbocycles. The average molecular weight is 201 g/mol. The van der Waals surface area contributed by atoms with E-state index in [1.54, 1.807) is 0 Å². The second-order valence-electron chi connectivity index (χ2n) is 3.31. The van der Waals surface area contributed by atoms with Crippen LogP contribution >= 0.6 is 0 Å². The Morgan fingerprint density at radius 3 is 3.00 bits per heavy atom. The molecule has 0 spiro atoms. The van der Waals surface area contributed by atoms with Crippen molar-refractivity contribution in [3.05, 3.63) is 18.2 Å². The Morgan fingerprint density at radius 2 is 2.50 bits per heavy atom. The molecule has 1 unspecified atom stereocenters. The molecule has 0 aromatic carbocycles. The summed E-state index contributed by atoms with van der Waals surface area (Å²) in [5.74, 6) is -3.59. The molecule has 6 heteroatoms. The van der Waals surface area contributed by atoms with E-state index in [0.29, 0.717) is 0 Å². The van der Waals surface area contributed by atoms with E-state index >= 15 is 0 Å². The molecule has 0 bridgehead atoms. The van der Waals surface area contributed by atoms with Crippen molar-refractivity contribution < 1.29 is 13.6 Å². The highest BCUT2D eigenvalue weighted by atomic mass is 19.3. The third-order valence-corrected chi connectivity index (χ3v) is 2.18. The van der Waals surface area contributed by atoms with Crippen molar-refractivity contribution in [2.75, 3.05) is 6.54 Å². The Morgan fingerprint density at radius 1 is 1.79 bits per heavy atom. The Balaban J connectivity index is 1.80. The monoisotopic (exact) mass is 201 g/mol. The van der Waals surface area contributed by atoms with Gasteiger partial charge >= 0.3 is 0 Å². The molecule has 2 rings (SSSR count). The number of nitrogens with one attached hydrogen (secondary N) is 2. The molecule has 0 saturated heterocycles. The van der Waals surface area contributed by atoms with Gasteiger partial charge in [-0.05, 0) is 0 Å². The molecule has 1 atom stereocenters. The number of imidazole rings is 1. The summed E-state index contributed by atoms with van der Waals surface area (Å²) in [5.41, 5.74) is 0. The topological polar surface area (TPSA) is 57.8 Å². The van der Waals surface area contributed by atoms with Crippen molar-refractivity contribution in [3.8, 4) is 0 Å². The predicted molar refractivity (Wildman–Crippen MR) is 44.0 cm³/mol. The van der Waals surface area contributed by atoms with Crippen LogP contribution in [0.4, 0.5) is 8.78 Å². The highest BCUT2D eigenvalue weighted by Gasteiger charge is 2.56. The predicted octanol–water partition coefficient (Wildman–Crippen LogP) is 0.795. The number of amides is 1. The zero-order valence-corrected chi connectivity index (χ0v) is 7.26. The van der Waals surface area contributed by atoms with E-state index in [1.807, 2.05) is 0 Å². The number of carbonyl (C=O) groups is 1. The first-order valence-corrected chi connectivity index (χ1v) is 4.25. The van der Waals surface area contributed by atoms with E-state index in [1.165, 1.54) is 12.4 Å². The number of H-pyrrole nitrogens is 1. The highest BCUT2D eigenvalue weighted by Crippen LogP contribution is 2.47. The minimum atomic E-state index is -2.59. The summed E-state index contributed by atoms with van der Waals surface area (Å²) in [6, 6.07) is 0. The number of hydrogen-bond donors (Lipinski definition) is 2. The fourth-order valence-electron chi connectivity index (χ4n) is 1.18. The Bertz CT molecular complexity index is 336. The van der Waals surface area contributed by atoms with Crippen LogP contribution < -0.4 is 5.32 Å². The summed E-state index contributed by atoms with van der Waals surface area (Å²) in [7, 11) is 0. The summed E-state index contributed by atoms with van der Waals surface area (Å²) >= 11 is 0. The van der Waals surface area contributed by atoms with E-state index in [9.17, 15) is 13.6 Å². The molecule has 0 radical (unpaired) electrons. The largest absolute Gasteiger partial charge is 0.349 e. The van der Waals surface area contributed by atoms with Gasteiger partial charge < -0.3 is 10.3 Å². The van der Waals surface area contributed by atoms with Gasteiger partial charge in [0.05, 0.1) is 0 Å². The van der Waals surface area contributed by atoms with Crippen LogP contribution in [0, 0.1) is 5.92 Å². The molecule has 1 heterocycles. The number of nitrogens with zero attached hydrogens (tertiary/aromatic N) is 1. The standard InChI is InChI=1S/C8H9F2N3O/c9-8(10)3-5(8)4-13-7(14)6-11-1-2-12-6/h1-2,5H,3-4H2,(H,11,12)(H,13,14). The lowest BCUT2D eigenvalue weighted by Crippen LogP contribution is -2.27. The third-order valence-electron chi connectivity index (χ3n) is 2.18. The minimum Gasteiger partial charge on any atom is -0.349 e. The average Bonchev–Trinajstić information content (AvgIpc) is 2.58. The van der Waals surface area contributed by atoms with Crippen LogP contribution in [0.25, 0.3) is 0 Å². The lowest BCUT2D eigenvalue weighted by atomic mass is 10.4. The van der Waals surface area contributed by atoms with Crippen LogP contribution in [-0.2, 0) is 0 Å². The van der Waals surface area contributed by atoms with Crippen LogP contribution in [0.15, 0.2) is 12.4 Å². The van der Waals surface area contributed by atoms with Crippen molar-refractivity contribution in [2.45, 2.75) is 12.3 Å². The van der Waals surface area contributed by atoms with Gasteiger partial charge in [0.15, 0.2) is 5.82 Å². The minimum absolute atomic E-state index is 0.00648. The molecule has 1 aromatic heterocycles. The number of halogens is 2. The van der Waals surface area contributed by atoms with Gasteiger partial charge in [-0.25, -0.2) is 13.8 Å². The summed E-state index contributed by atoms with van der Waals surface area (Å²) in [5, 5.41) is 2.39. The van der Waals surface area contributed by atoms with Gasteiger partial charge in [0, 0.05) is 31.3 Å². The van der Waals surface area contributed by atoms with E-state index in [0.717, 1.165) is 0 Å². The summed E-state index contributed by atoms with van der Waals surface area (Å²) in [6.45, 7) is 0.00648. The molecule has 1 amide bonds. The Hall–Kier alpha value is -1.46. The zero-order chi connectivity index (χ0) is 10.2. The van der Waals surface area contributed by atoms with Gasteiger partial charge in [-0.1, -0.05) is 0 Å².